The van der Waals surface area contributed by atoms with E-state index in [4.69, 9.17) is 14.7 Å². The fraction of sp³-hybridized carbons (Fsp3) is 0.238. The van der Waals surface area contributed by atoms with Gasteiger partial charge < -0.3 is 14.8 Å². The minimum atomic E-state index is -0.720. The summed E-state index contributed by atoms with van der Waals surface area (Å²) in [6.07, 6.45) is 0.359. The Hall–Kier alpha value is -3.66. The number of Topliss-reactive ketones (excluding diaryl/α,β-unsaturated/α-hetero) is 1. The van der Waals surface area contributed by atoms with E-state index in [-0.39, 0.29) is 12.4 Å². The van der Waals surface area contributed by atoms with Crippen molar-refractivity contribution in [1.82, 2.24) is 5.32 Å². The molecule has 0 heterocycles. The third-order valence-corrected chi connectivity index (χ3v) is 3.81. The number of esters is 1. The zero-order valence-corrected chi connectivity index (χ0v) is 15.4. The van der Waals surface area contributed by atoms with Gasteiger partial charge in [-0.15, -0.1) is 0 Å². The molecule has 1 amide bonds. The molecule has 0 radical (unpaired) electrons. The van der Waals surface area contributed by atoms with Crippen molar-refractivity contribution >= 4 is 17.7 Å². The van der Waals surface area contributed by atoms with Gasteiger partial charge in [-0.2, -0.15) is 5.26 Å². The predicted octanol–water partition coefficient (Wildman–Crippen LogP) is 1.80. The van der Waals surface area contributed by atoms with E-state index < -0.39 is 24.5 Å². The van der Waals surface area contributed by atoms with Crippen molar-refractivity contribution in [2.45, 2.75) is 19.4 Å². The number of amides is 1. The Labute approximate surface area is 162 Å². The Morgan fingerprint density at radius 3 is 2.32 bits per heavy atom. The molecular formula is C21H20N2O5. The summed E-state index contributed by atoms with van der Waals surface area (Å²) in [5, 5.41) is 11.3. The van der Waals surface area contributed by atoms with Gasteiger partial charge in [0.15, 0.2) is 19.0 Å². The zero-order chi connectivity index (χ0) is 20.4. The molecular weight excluding hydrogens is 360 g/mol. The van der Waals surface area contributed by atoms with Crippen LogP contribution in [0.4, 0.5) is 0 Å². The number of nitriles is 1. The number of benzene rings is 2. The Kier molecular flexibility index (Phi) is 7.73. The highest BCUT2D eigenvalue weighted by molar-refractivity contribution is 5.88. The Morgan fingerprint density at radius 1 is 1.04 bits per heavy atom. The van der Waals surface area contributed by atoms with E-state index in [9.17, 15) is 14.4 Å². The molecule has 0 fully saturated rings. The van der Waals surface area contributed by atoms with Gasteiger partial charge in [0.1, 0.15) is 5.75 Å². The van der Waals surface area contributed by atoms with Crippen LogP contribution in [0.5, 0.6) is 5.75 Å². The van der Waals surface area contributed by atoms with E-state index >= 15 is 0 Å². The number of nitrogens with one attached hydrogen (secondary N) is 1. The van der Waals surface area contributed by atoms with Crippen LogP contribution in [0.1, 0.15) is 18.1 Å². The lowest BCUT2D eigenvalue weighted by molar-refractivity contribution is -0.150. The molecule has 0 aromatic heterocycles. The number of hydrogen-bond donors (Lipinski definition) is 1. The van der Waals surface area contributed by atoms with Crippen molar-refractivity contribution in [3.63, 3.8) is 0 Å². The summed E-state index contributed by atoms with van der Waals surface area (Å²) >= 11 is 0. The molecule has 2 aromatic carbocycles. The van der Waals surface area contributed by atoms with Crippen LogP contribution in [0.15, 0.2) is 54.6 Å². The SMILES string of the molecule is CC(=O)[C@H](Cc1ccccc1)NC(=O)COC(=O)COc1ccc(C#N)cc1. The molecule has 0 aliphatic carbocycles. The summed E-state index contributed by atoms with van der Waals surface area (Å²) in [5.41, 5.74) is 1.39. The van der Waals surface area contributed by atoms with Crippen LogP contribution in [0.3, 0.4) is 0 Å². The van der Waals surface area contributed by atoms with Crippen molar-refractivity contribution in [2.75, 3.05) is 13.2 Å². The van der Waals surface area contributed by atoms with Gasteiger partial charge in [-0.05, 0) is 43.2 Å². The molecule has 2 aromatic rings. The summed E-state index contributed by atoms with van der Waals surface area (Å²) in [6.45, 7) is 0.513. The van der Waals surface area contributed by atoms with Gasteiger partial charge >= 0.3 is 5.97 Å². The lowest BCUT2D eigenvalue weighted by Gasteiger charge is -2.16. The quantitative estimate of drug-likeness (QED) is 0.665. The third kappa shape index (κ3) is 6.92. The van der Waals surface area contributed by atoms with Gasteiger partial charge in [0.25, 0.3) is 5.91 Å². The Bertz CT molecular complexity index is 857. The molecule has 0 saturated carbocycles. The van der Waals surface area contributed by atoms with E-state index in [2.05, 4.69) is 5.32 Å². The van der Waals surface area contributed by atoms with Gasteiger partial charge in [-0.1, -0.05) is 30.3 Å². The maximum atomic E-state index is 12.0. The number of nitrogens with zero attached hydrogens (tertiary/aromatic N) is 1. The fourth-order valence-corrected chi connectivity index (χ4v) is 2.34. The van der Waals surface area contributed by atoms with Crippen LogP contribution in [-0.2, 0) is 25.5 Å². The minimum Gasteiger partial charge on any atom is -0.482 e. The van der Waals surface area contributed by atoms with Crippen LogP contribution < -0.4 is 10.1 Å². The topological polar surface area (TPSA) is 105 Å². The Balaban J connectivity index is 1.75. The summed E-state index contributed by atoms with van der Waals surface area (Å²) in [4.78, 5) is 35.5. The first-order valence-electron chi connectivity index (χ1n) is 8.60. The van der Waals surface area contributed by atoms with Crippen LogP contribution in [-0.4, -0.2) is 36.9 Å². The van der Waals surface area contributed by atoms with Crippen molar-refractivity contribution < 1.29 is 23.9 Å². The molecule has 0 spiro atoms. The molecule has 1 atom stereocenters. The van der Waals surface area contributed by atoms with Crippen molar-refractivity contribution in [2.24, 2.45) is 0 Å². The van der Waals surface area contributed by atoms with Gasteiger partial charge in [0, 0.05) is 0 Å². The lowest BCUT2D eigenvalue weighted by Crippen LogP contribution is -2.43. The molecule has 0 bridgehead atoms. The third-order valence-electron chi connectivity index (χ3n) is 3.81. The van der Waals surface area contributed by atoms with Crippen LogP contribution >= 0.6 is 0 Å². The highest BCUT2D eigenvalue weighted by atomic mass is 16.6. The molecule has 2 rings (SSSR count). The second kappa shape index (κ2) is 10.5. The van der Waals surface area contributed by atoms with E-state index in [0.717, 1.165) is 5.56 Å². The largest absolute Gasteiger partial charge is 0.482 e. The maximum Gasteiger partial charge on any atom is 0.344 e. The van der Waals surface area contributed by atoms with E-state index in [0.29, 0.717) is 17.7 Å². The molecule has 0 aliphatic heterocycles. The molecule has 144 valence electrons. The molecule has 7 nitrogen and oxygen atoms in total. The number of carbonyl (C=O) groups excluding carboxylic acids is 3. The maximum absolute atomic E-state index is 12.0. The minimum absolute atomic E-state index is 0.187. The molecule has 0 unspecified atom stereocenters. The smallest absolute Gasteiger partial charge is 0.344 e. The summed E-state index contributed by atoms with van der Waals surface area (Å²) in [5.74, 6) is -1.07. The second-order valence-electron chi connectivity index (χ2n) is 6.01. The van der Waals surface area contributed by atoms with Gasteiger partial charge in [-0.25, -0.2) is 4.79 Å². The average molecular weight is 380 g/mol. The first kappa shape index (κ1) is 20.6. The molecule has 7 heteroatoms. The van der Waals surface area contributed by atoms with E-state index in [1.807, 2.05) is 36.4 Å². The number of hydrogen-bond acceptors (Lipinski definition) is 6. The molecule has 0 saturated heterocycles. The van der Waals surface area contributed by atoms with Gasteiger partial charge in [0.2, 0.25) is 0 Å². The standard InChI is InChI=1S/C21H20N2O5/c1-15(24)19(11-16-5-3-2-4-6-16)23-20(25)13-28-21(26)14-27-18-9-7-17(12-22)8-10-18/h2-10,19H,11,13-14H2,1H3,(H,23,25)/t19-/m0/s1. The monoisotopic (exact) mass is 380 g/mol. The lowest BCUT2D eigenvalue weighted by atomic mass is 10.0. The number of carbonyl (C=O) groups is 3. The van der Waals surface area contributed by atoms with Crippen molar-refractivity contribution in [3.05, 3.63) is 65.7 Å². The van der Waals surface area contributed by atoms with E-state index in [1.54, 1.807) is 24.3 Å². The predicted molar refractivity (Wildman–Crippen MR) is 100 cm³/mol. The number of ketones is 1. The van der Waals surface area contributed by atoms with E-state index in [1.165, 1.54) is 6.92 Å². The number of ether oxygens (including phenoxy) is 2. The first-order valence-corrected chi connectivity index (χ1v) is 8.60. The fourth-order valence-electron chi connectivity index (χ4n) is 2.34. The molecule has 1 N–H and O–H groups in total. The first-order chi connectivity index (χ1) is 13.5. The summed E-state index contributed by atoms with van der Waals surface area (Å²) < 4.78 is 10.1. The second-order valence-corrected chi connectivity index (χ2v) is 6.01. The average Bonchev–Trinajstić information content (AvgIpc) is 2.71. The molecule has 28 heavy (non-hydrogen) atoms. The van der Waals surface area contributed by atoms with Crippen LogP contribution in [0.2, 0.25) is 0 Å². The Morgan fingerprint density at radius 2 is 1.71 bits per heavy atom. The van der Waals surface area contributed by atoms with Crippen LogP contribution in [0, 0.1) is 11.3 Å². The zero-order valence-electron chi connectivity index (χ0n) is 15.4. The highest BCUT2D eigenvalue weighted by Gasteiger charge is 2.18. The highest BCUT2D eigenvalue weighted by Crippen LogP contribution is 2.11. The van der Waals surface area contributed by atoms with Gasteiger partial charge in [-0.3, -0.25) is 9.59 Å². The number of rotatable bonds is 9. The van der Waals surface area contributed by atoms with Gasteiger partial charge in [0.05, 0.1) is 17.7 Å². The van der Waals surface area contributed by atoms with Crippen molar-refractivity contribution in [3.8, 4) is 11.8 Å². The van der Waals surface area contributed by atoms with Crippen LogP contribution in [0.25, 0.3) is 0 Å². The molecule has 0 aliphatic rings. The summed E-state index contributed by atoms with van der Waals surface area (Å²) in [6, 6.07) is 16.8. The normalized spacial score (nSPS) is 11.0. The summed E-state index contributed by atoms with van der Waals surface area (Å²) in [7, 11) is 0. The van der Waals surface area contributed by atoms with Crippen molar-refractivity contribution in [1.29, 1.82) is 5.26 Å².